The van der Waals surface area contributed by atoms with Gasteiger partial charge in [-0.3, -0.25) is 14.4 Å². The van der Waals surface area contributed by atoms with Gasteiger partial charge in [-0.25, -0.2) is 4.79 Å². The van der Waals surface area contributed by atoms with Crippen LogP contribution in [0.15, 0.2) is 60.8 Å². The number of aliphatic carboxylic acids is 1. The SMILES string of the molecule is CC/C=C\C/C=C\C/C=C\CCCCCCCCCC(=O)OC1C(OCC(COC(=O)CCCCCCCCC/C=C\CCCCCCCC)OC(=O)CCCCCCCCC/C=C\CCCCCCCC)OC(C(=O)O)C(O)C1O. The average Bonchev–Trinajstić information content (AvgIpc) is 3.53. The van der Waals surface area contributed by atoms with Gasteiger partial charge < -0.3 is 39.0 Å². The predicted octanol–water partition coefficient (Wildman–Crippen LogP) is 17.9. The lowest BCUT2D eigenvalue weighted by molar-refractivity contribution is -0.301. The Morgan fingerprint density at radius 1 is 0.420 bits per heavy atom. The minimum Gasteiger partial charge on any atom is -0.479 e. The number of allylic oxidation sites excluding steroid dienone is 10. The van der Waals surface area contributed by atoms with Crippen LogP contribution in [0.1, 0.15) is 303 Å². The number of carboxylic acid groups (broad SMARTS) is 1. The first-order valence-corrected chi connectivity index (χ1v) is 33.3. The van der Waals surface area contributed by atoms with Crippen LogP contribution in [-0.2, 0) is 42.9 Å². The lowest BCUT2D eigenvalue weighted by Crippen LogP contribution is -2.61. The average molecular weight is 1140 g/mol. The van der Waals surface area contributed by atoms with Gasteiger partial charge in [0.15, 0.2) is 24.6 Å². The van der Waals surface area contributed by atoms with Crippen molar-refractivity contribution in [1.29, 1.82) is 0 Å². The van der Waals surface area contributed by atoms with Crippen molar-refractivity contribution in [2.75, 3.05) is 13.2 Å². The highest BCUT2D eigenvalue weighted by Gasteiger charge is 2.50. The number of aliphatic hydroxyl groups is 2. The Labute approximate surface area is 494 Å². The molecule has 6 atom stereocenters. The van der Waals surface area contributed by atoms with Crippen molar-refractivity contribution in [3.8, 4) is 0 Å². The number of esters is 3. The summed E-state index contributed by atoms with van der Waals surface area (Å²) < 4.78 is 28.6. The predicted molar refractivity (Wildman–Crippen MR) is 331 cm³/mol. The molecule has 1 fully saturated rings. The summed E-state index contributed by atoms with van der Waals surface area (Å²) in [6, 6.07) is 0. The van der Waals surface area contributed by atoms with E-state index in [4.69, 9.17) is 23.7 Å². The molecule has 3 N–H and O–H groups in total. The quantitative estimate of drug-likeness (QED) is 0.0228. The molecule has 1 aliphatic rings. The molecule has 0 aromatic carbocycles. The minimum atomic E-state index is -1.91. The standard InChI is InChI=1S/C69H120O12/c1-4-7-10-13-16-19-22-25-28-31-34-37-40-43-46-49-52-55-61(70)77-58-60(79-62(71)56-53-50-47-44-41-38-35-32-29-26-23-20-17-14-11-8-5-2)59-78-69-67(65(74)64(73)66(81-69)68(75)76)80-63(72)57-54-51-48-45-42-39-36-33-30-27-24-21-18-15-12-9-6-3/h9,12,18,21,25-30,60,64-67,69,73-74H,4-8,10-11,13-17,19-20,22-24,31-59H2,1-3H3,(H,75,76)/b12-9-,21-18-,28-25-,29-26-,30-27-. The van der Waals surface area contributed by atoms with Crippen LogP contribution < -0.4 is 0 Å². The molecule has 0 amide bonds. The van der Waals surface area contributed by atoms with Crippen LogP contribution in [0.4, 0.5) is 0 Å². The molecule has 1 saturated heterocycles. The van der Waals surface area contributed by atoms with Gasteiger partial charge in [-0.05, 0) is 103 Å². The van der Waals surface area contributed by atoms with Gasteiger partial charge >= 0.3 is 23.9 Å². The molecule has 6 unspecified atom stereocenters. The molecule has 0 spiro atoms. The first-order valence-electron chi connectivity index (χ1n) is 33.3. The summed E-state index contributed by atoms with van der Waals surface area (Å²) in [5, 5.41) is 31.6. The number of rotatable bonds is 57. The zero-order valence-electron chi connectivity index (χ0n) is 51.8. The van der Waals surface area contributed by atoms with Crippen LogP contribution in [0, 0.1) is 0 Å². The Morgan fingerprint density at radius 3 is 1.20 bits per heavy atom. The lowest BCUT2D eigenvalue weighted by atomic mass is 9.98. The van der Waals surface area contributed by atoms with Crippen molar-refractivity contribution < 1.29 is 58.2 Å². The first-order chi connectivity index (χ1) is 39.6. The van der Waals surface area contributed by atoms with Gasteiger partial charge in [0.05, 0.1) is 6.61 Å². The summed E-state index contributed by atoms with van der Waals surface area (Å²) in [6.45, 7) is 5.91. The Morgan fingerprint density at radius 2 is 0.778 bits per heavy atom. The van der Waals surface area contributed by atoms with Crippen LogP contribution in [0.25, 0.3) is 0 Å². The summed E-state index contributed by atoms with van der Waals surface area (Å²) in [5.41, 5.74) is 0. The number of carboxylic acids is 1. The highest BCUT2D eigenvalue weighted by atomic mass is 16.7. The topological polar surface area (TPSA) is 175 Å². The van der Waals surface area contributed by atoms with E-state index in [1.807, 2.05) is 0 Å². The highest BCUT2D eigenvalue weighted by Crippen LogP contribution is 2.27. The van der Waals surface area contributed by atoms with Crippen molar-refractivity contribution >= 4 is 23.9 Å². The zero-order chi connectivity index (χ0) is 58.9. The molecule has 0 aliphatic carbocycles. The van der Waals surface area contributed by atoms with Crippen molar-refractivity contribution in [2.24, 2.45) is 0 Å². The fourth-order valence-corrected chi connectivity index (χ4v) is 9.96. The maximum atomic E-state index is 13.2. The molecular formula is C69H120O12. The van der Waals surface area contributed by atoms with Gasteiger partial charge in [0.1, 0.15) is 18.8 Å². The Balaban J connectivity index is 2.66. The summed E-state index contributed by atoms with van der Waals surface area (Å²) in [7, 11) is 0. The van der Waals surface area contributed by atoms with Crippen LogP contribution in [-0.4, -0.2) is 89.2 Å². The molecule has 12 heteroatoms. The molecule has 1 aliphatic heterocycles. The van der Waals surface area contributed by atoms with Crippen LogP contribution in [0.2, 0.25) is 0 Å². The van der Waals surface area contributed by atoms with Crippen LogP contribution in [0.3, 0.4) is 0 Å². The molecule has 468 valence electrons. The summed E-state index contributed by atoms with van der Waals surface area (Å²) >= 11 is 0. The van der Waals surface area contributed by atoms with Gasteiger partial charge in [-0.15, -0.1) is 0 Å². The van der Waals surface area contributed by atoms with E-state index in [0.29, 0.717) is 19.3 Å². The fraction of sp³-hybridized carbons (Fsp3) is 0.797. The molecule has 0 saturated carbocycles. The smallest absolute Gasteiger partial charge is 0.335 e. The van der Waals surface area contributed by atoms with E-state index in [1.165, 1.54) is 122 Å². The van der Waals surface area contributed by atoms with E-state index < -0.39 is 67.3 Å². The first kappa shape index (κ1) is 75.4. The summed E-state index contributed by atoms with van der Waals surface area (Å²) in [5.74, 6) is -3.12. The van der Waals surface area contributed by atoms with Crippen LogP contribution in [0.5, 0.6) is 0 Å². The van der Waals surface area contributed by atoms with E-state index in [-0.39, 0.29) is 25.9 Å². The van der Waals surface area contributed by atoms with E-state index in [2.05, 4.69) is 81.5 Å². The number of ether oxygens (including phenoxy) is 5. The molecule has 0 radical (unpaired) electrons. The Bertz CT molecular complexity index is 1640. The monoisotopic (exact) mass is 1140 g/mol. The highest BCUT2D eigenvalue weighted by molar-refractivity contribution is 5.74. The Hall–Kier alpha value is -3.58. The molecule has 1 rings (SSSR count). The second-order valence-corrected chi connectivity index (χ2v) is 22.7. The van der Waals surface area contributed by atoms with Crippen LogP contribution >= 0.6 is 0 Å². The number of aliphatic hydroxyl groups excluding tert-OH is 2. The van der Waals surface area contributed by atoms with Gasteiger partial charge in [0, 0.05) is 19.3 Å². The van der Waals surface area contributed by atoms with E-state index in [9.17, 15) is 34.5 Å². The van der Waals surface area contributed by atoms with E-state index in [0.717, 1.165) is 122 Å². The second-order valence-electron chi connectivity index (χ2n) is 22.7. The van der Waals surface area contributed by atoms with Gasteiger partial charge in [-0.2, -0.15) is 0 Å². The zero-order valence-corrected chi connectivity index (χ0v) is 51.8. The molecular weight excluding hydrogens is 1020 g/mol. The van der Waals surface area contributed by atoms with Crippen molar-refractivity contribution in [1.82, 2.24) is 0 Å². The third-order valence-corrected chi connectivity index (χ3v) is 15.0. The largest absolute Gasteiger partial charge is 0.479 e. The maximum Gasteiger partial charge on any atom is 0.335 e. The van der Waals surface area contributed by atoms with Crippen molar-refractivity contribution in [2.45, 2.75) is 340 Å². The van der Waals surface area contributed by atoms with Crippen molar-refractivity contribution in [3.63, 3.8) is 0 Å². The third-order valence-electron chi connectivity index (χ3n) is 15.0. The van der Waals surface area contributed by atoms with E-state index >= 15 is 0 Å². The molecule has 12 nitrogen and oxygen atoms in total. The number of unbranched alkanes of at least 4 members (excludes halogenated alkanes) is 33. The van der Waals surface area contributed by atoms with Gasteiger partial charge in [0.25, 0.3) is 0 Å². The van der Waals surface area contributed by atoms with Crippen molar-refractivity contribution in [3.05, 3.63) is 60.8 Å². The summed E-state index contributed by atoms with van der Waals surface area (Å²) in [4.78, 5) is 51.4. The third kappa shape index (κ3) is 46.5. The maximum absolute atomic E-state index is 13.2. The Kier molecular flexibility index (Phi) is 53.0. The second kappa shape index (κ2) is 56.9. The van der Waals surface area contributed by atoms with E-state index in [1.54, 1.807) is 0 Å². The lowest BCUT2D eigenvalue weighted by Gasteiger charge is -2.40. The molecule has 81 heavy (non-hydrogen) atoms. The molecule has 0 aromatic heterocycles. The fourth-order valence-electron chi connectivity index (χ4n) is 9.96. The molecule has 0 aromatic rings. The minimum absolute atomic E-state index is 0.0486. The van der Waals surface area contributed by atoms with Gasteiger partial charge in [0.2, 0.25) is 0 Å². The number of hydrogen-bond donors (Lipinski definition) is 3. The molecule has 1 heterocycles. The summed E-state index contributed by atoms with van der Waals surface area (Å²) in [6.07, 6.45) is 58.8. The molecule has 0 bridgehead atoms. The van der Waals surface area contributed by atoms with Gasteiger partial charge in [-0.1, -0.05) is 242 Å². The number of carbonyl (C=O) groups is 4. The number of carbonyl (C=O) groups excluding carboxylic acids is 3. The number of hydrogen-bond acceptors (Lipinski definition) is 11. The normalized spacial score (nSPS) is 18.1.